The van der Waals surface area contributed by atoms with Crippen LogP contribution < -0.4 is 5.32 Å². The molecular formula is C13H20N2. The van der Waals surface area contributed by atoms with Crippen molar-refractivity contribution in [3.63, 3.8) is 0 Å². The molecule has 1 aromatic rings. The topological polar surface area (TPSA) is 24.9 Å². The smallest absolute Gasteiger partial charge is 0.0470 e. The quantitative estimate of drug-likeness (QED) is 0.801. The van der Waals surface area contributed by atoms with Crippen molar-refractivity contribution in [2.45, 2.75) is 38.5 Å². The fourth-order valence-corrected chi connectivity index (χ4v) is 2.35. The van der Waals surface area contributed by atoms with E-state index >= 15 is 0 Å². The van der Waals surface area contributed by atoms with Crippen molar-refractivity contribution in [1.82, 2.24) is 10.3 Å². The predicted molar refractivity (Wildman–Crippen MR) is 63.2 cm³/mol. The van der Waals surface area contributed by atoms with E-state index in [9.17, 15) is 0 Å². The molecule has 15 heavy (non-hydrogen) atoms. The van der Waals surface area contributed by atoms with E-state index in [0.717, 1.165) is 13.1 Å². The normalized spacial score (nSPS) is 18.3. The summed E-state index contributed by atoms with van der Waals surface area (Å²) in [6.45, 7) is 6.78. The van der Waals surface area contributed by atoms with Crippen LogP contribution in [0, 0.1) is 0 Å². The Balaban J connectivity index is 2.25. The molecule has 0 bridgehead atoms. The third-order valence-electron chi connectivity index (χ3n) is 3.22. The fraction of sp³-hybridized carbons (Fsp3) is 0.615. The first-order valence-corrected chi connectivity index (χ1v) is 5.94. The zero-order chi connectivity index (χ0) is 10.7. The second-order valence-electron chi connectivity index (χ2n) is 4.66. The van der Waals surface area contributed by atoms with Gasteiger partial charge in [0.1, 0.15) is 0 Å². The average Bonchev–Trinajstić information content (AvgIpc) is 2.30. The lowest BCUT2D eigenvalue weighted by Crippen LogP contribution is -2.27. The molecule has 0 atom stereocenters. The van der Waals surface area contributed by atoms with Crippen molar-refractivity contribution in [2.24, 2.45) is 0 Å². The van der Waals surface area contributed by atoms with Crippen LogP contribution in [-0.4, -0.2) is 18.1 Å². The SMILES string of the molecule is CC(C)c1cccnc1C1CCNCC1. The van der Waals surface area contributed by atoms with Crippen molar-refractivity contribution >= 4 is 0 Å². The molecule has 1 aliphatic rings. The molecule has 1 N–H and O–H groups in total. The zero-order valence-electron chi connectivity index (χ0n) is 9.66. The molecule has 1 fully saturated rings. The highest BCUT2D eigenvalue weighted by Crippen LogP contribution is 2.29. The first-order valence-electron chi connectivity index (χ1n) is 5.94. The molecule has 2 rings (SSSR count). The first kappa shape index (κ1) is 10.6. The van der Waals surface area contributed by atoms with Gasteiger partial charge < -0.3 is 5.32 Å². The molecule has 0 saturated carbocycles. The molecular weight excluding hydrogens is 184 g/mol. The van der Waals surface area contributed by atoms with Crippen LogP contribution in [-0.2, 0) is 0 Å². The first-order chi connectivity index (χ1) is 7.29. The second kappa shape index (κ2) is 4.75. The van der Waals surface area contributed by atoms with Gasteiger partial charge in [0.05, 0.1) is 0 Å². The monoisotopic (exact) mass is 204 g/mol. The fourth-order valence-electron chi connectivity index (χ4n) is 2.35. The Kier molecular flexibility index (Phi) is 3.37. The minimum absolute atomic E-state index is 0.587. The van der Waals surface area contributed by atoms with Crippen molar-refractivity contribution in [1.29, 1.82) is 0 Å². The highest BCUT2D eigenvalue weighted by atomic mass is 14.9. The van der Waals surface area contributed by atoms with Gasteiger partial charge in [0.25, 0.3) is 0 Å². The van der Waals surface area contributed by atoms with Crippen molar-refractivity contribution in [2.75, 3.05) is 13.1 Å². The van der Waals surface area contributed by atoms with Crippen molar-refractivity contribution < 1.29 is 0 Å². The molecule has 1 saturated heterocycles. The number of hydrogen-bond donors (Lipinski definition) is 1. The number of piperidine rings is 1. The Morgan fingerprint density at radius 1 is 1.33 bits per heavy atom. The third kappa shape index (κ3) is 2.37. The molecule has 0 aromatic carbocycles. The second-order valence-corrected chi connectivity index (χ2v) is 4.66. The average molecular weight is 204 g/mol. The molecule has 2 nitrogen and oxygen atoms in total. The molecule has 0 aliphatic carbocycles. The van der Waals surface area contributed by atoms with E-state index in [-0.39, 0.29) is 0 Å². The van der Waals surface area contributed by atoms with Gasteiger partial charge in [-0.05, 0) is 43.5 Å². The Morgan fingerprint density at radius 2 is 2.07 bits per heavy atom. The number of aromatic nitrogens is 1. The van der Waals surface area contributed by atoms with E-state index in [1.54, 1.807) is 0 Å². The summed E-state index contributed by atoms with van der Waals surface area (Å²) in [7, 11) is 0. The molecule has 0 unspecified atom stereocenters. The molecule has 1 aromatic heterocycles. The van der Waals surface area contributed by atoms with Gasteiger partial charge in [-0.1, -0.05) is 19.9 Å². The molecule has 1 aliphatic heterocycles. The lowest BCUT2D eigenvalue weighted by molar-refractivity contribution is 0.449. The van der Waals surface area contributed by atoms with Crippen LogP contribution in [0.15, 0.2) is 18.3 Å². The number of nitrogens with one attached hydrogen (secondary N) is 1. The van der Waals surface area contributed by atoms with Gasteiger partial charge in [0.15, 0.2) is 0 Å². The van der Waals surface area contributed by atoms with Gasteiger partial charge in [-0.15, -0.1) is 0 Å². The van der Waals surface area contributed by atoms with Crippen LogP contribution in [0.1, 0.15) is 49.8 Å². The van der Waals surface area contributed by atoms with Crippen LogP contribution >= 0.6 is 0 Å². The number of hydrogen-bond acceptors (Lipinski definition) is 2. The third-order valence-corrected chi connectivity index (χ3v) is 3.22. The summed E-state index contributed by atoms with van der Waals surface area (Å²) in [5, 5.41) is 3.41. The lowest BCUT2D eigenvalue weighted by Gasteiger charge is -2.25. The molecule has 0 spiro atoms. The Morgan fingerprint density at radius 3 is 2.73 bits per heavy atom. The van der Waals surface area contributed by atoms with E-state index in [1.807, 2.05) is 6.20 Å². The zero-order valence-corrected chi connectivity index (χ0v) is 9.66. The maximum Gasteiger partial charge on any atom is 0.0470 e. The van der Waals surface area contributed by atoms with Crippen molar-refractivity contribution in [3.05, 3.63) is 29.6 Å². The van der Waals surface area contributed by atoms with Gasteiger partial charge >= 0.3 is 0 Å². The van der Waals surface area contributed by atoms with Gasteiger partial charge in [0.2, 0.25) is 0 Å². The highest BCUT2D eigenvalue weighted by molar-refractivity contribution is 5.26. The Labute approximate surface area is 92.1 Å². The summed E-state index contributed by atoms with van der Waals surface area (Å²) in [5.41, 5.74) is 2.78. The number of rotatable bonds is 2. The van der Waals surface area contributed by atoms with Gasteiger partial charge in [0, 0.05) is 17.8 Å². The summed E-state index contributed by atoms with van der Waals surface area (Å²) in [5.74, 6) is 1.26. The van der Waals surface area contributed by atoms with Gasteiger partial charge in [-0.3, -0.25) is 4.98 Å². The van der Waals surface area contributed by atoms with Crippen LogP contribution in [0.5, 0.6) is 0 Å². The molecule has 0 amide bonds. The maximum absolute atomic E-state index is 4.60. The predicted octanol–water partition coefficient (Wildman–Crippen LogP) is 2.67. The highest BCUT2D eigenvalue weighted by Gasteiger charge is 2.20. The minimum atomic E-state index is 0.587. The van der Waals surface area contributed by atoms with Gasteiger partial charge in [-0.2, -0.15) is 0 Å². The Hall–Kier alpha value is -0.890. The van der Waals surface area contributed by atoms with Gasteiger partial charge in [-0.25, -0.2) is 0 Å². The standard InChI is InChI=1S/C13H20N2/c1-10(2)12-4-3-7-15-13(12)11-5-8-14-9-6-11/h3-4,7,10-11,14H,5-6,8-9H2,1-2H3. The van der Waals surface area contributed by atoms with E-state index in [4.69, 9.17) is 0 Å². The number of pyridine rings is 1. The molecule has 2 heteroatoms. The summed E-state index contributed by atoms with van der Waals surface area (Å²) in [6.07, 6.45) is 4.40. The summed E-state index contributed by atoms with van der Waals surface area (Å²) < 4.78 is 0. The summed E-state index contributed by atoms with van der Waals surface area (Å²) in [6, 6.07) is 4.29. The van der Waals surface area contributed by atoms with Crippen LogP contribution in [0.3, 0.4) is 0 Å². The Bertz CT molecular complexity index is 314. The van der Waals surface area contributed by atoms with E-state index in [0.29, 0.717) is 11.8 Å². The molecule has 0 radical (unpaired) electrons. The van der Waals surface area contributed by atoms with E-state index in [2.05, 4.69) is 36.3 Å². The largest absolute Gasteiger partial charge is 0.317 e. The van der Waals surface area contributed by atoms with E-state index in [1.165, 1.54) is 24.1 Å². The minimum Gasteiger partial charge on any atom is -0.317 e. The lowest BCUT2D eigenvalue weighted by atomic mass is 9.88. The number of nitrogens with zero attached hydrogens (tertiary/aromatic N) is 1. The summed E-state index contributed by atoms with van der Waals surface area (Å²) in [4.78, 5) is 4.60. The maximum atomic E-state index is 4.60. The summed E-state index contributed by atoms with van der Waals surface area (Å²) >= 11 is 0. The van der Waals surface area contributed by atoms with Crippen LogP contribution in [0.4, 0.5) is 0 Å². The van der Waals surface area contributed by atoms with Crippen molar-refractivity contribution in [3.8, 4) is 0 Å². The molecule has 2 heterocycles. The van der Waals surface area contributed by atoms with Crippen LogP contribution in [0.2, 0.25) is 0 Å². The van der Waals surface area contributed by atoms with Crippen LogP contribution in [0.25, 0.3) is 0 Å². The van der Waals surface area contributed by atoms with E-state index < -0.39 is 0 Å². The molecule has 82 valence electrons.